The first-order valence-corrected chi connectivity index (χ1v) is 7.48. The molecule has 0 amide bonds. The fourth-order valence-electron chi connectivity index (χ4n) is 2.55. The Morgan fingerprint density at radius 2 is 1.65 bits per heavy atom. The van der Waals surface area contributed by atoms with Crippen LogP contribution in [0.3, 0.4) is 0 Å². The summed E-state index contributed by atoms with van der Waals surface area (Å²) in [6.45, 7) is 0.555. The molecule has 0 bridgehead atoms. The van der Waals surface area contributed by atoms with Crippen molar-refractivity contribution in [2.24, 2.45) is 0 Å². The molecule has 0 unspecified atom stereocenters. The lowest BCUT2D eigenvalue weighted by Crippen LogP contribution is -2.04. The summed E-state index contributed by atoms with van der Waals surface area (Å²) in [6.07, 6.45) is 1.66. The largest absolute Gasteiger partial charge is 0.467 e. The lowest BCUT2D eigenvalue weighted by molar-refractivity contribution is 0.517. The van der Waals surface area contributed by atoms with E-state index in [0.29, 0.717) is 12.5 Å². The van der Waals surface area contributed by atoms with Gasteiger partial charge >= 0.3 is 0 Å². The molecule has 4 aromatic rings. The summed E-state index contributed by atoms with van der Waals surface area (Å²) in [6, 6.07) is 22.0. The van der Waals surface area contributed by atoms with Crippen LogP contribution in [0.4, 0.5) is 5.95 Å². The highest BCUT2D eigenvalue weighted by atomic mass is 16.3. The van der Waals surface area contributed by atoms with E-state index in [9.17, 15) is 0 Å². The molecule has 2 aromatic heterocycles. The van der Waals surface area contributed by atoms with E-state index in [0.717, 1.165) is 27.9 Å². The highest BCUT2D eigenvalue weighted by Gasteiger charge is 2.09. The maximum atomic E-state index is 5.34. The third kappa shape index (κ3) is 2.79. The summed E-state index contributed by atoms with van der Waals surface area (Å²) >= 11 is 0. The molecule has 0 fully saturated rings. The third-order valence-corrected chi connectivity index (χ3v) is 3.65. The Kier molecular flexibility index (Phi) is 3.48. The molecular weight excluding hydrogens is 286 g/mol. The Morgan fingerprint density at radius 3 is 2.48 bits per heavy atom. The zero-order valence-corrected chi connectivity index (χ0v) is 12.4. The minimum Gasteiger partial charge on any atom is -0.467 e. The standard InChI is InChI=1S/C19H15N3O/c1-2-7-14(8-3-1)18-16-10-4-5-11-17(16)21-19(22-18)20-13-15-9-6-12-23-15/h1-12H,13H2,(H,20,21,22). The van der Waals surface area contributed by atoms with Crippen LogP contribution in [0, 0.1) is 0 Å². The summed E-state index contributed by atoms with van der Waals surface area (Å²) in [4.78, 5) is 9.30. The number of hydrogen-bond donors (Lipinski definition) is 1. The normalized spacial score (nSPS) is 10.8. The number of nitrogens with zero attached hydrogens (tertiary/aromatic N) is 2. The van der Waals surface area contributed by atoms with Gasteiger partial charge in [-0.3, -0.25) is 0 Å². The molecule has 0 atom stereocenters. The zero-order chi connectivity index (χ0) is 15.5. The topological polar surface area (TPSA) is 51.0 Å². The number of furan rings is 1. The van der Waals surface area contributed by atoms with Crippen molar-refractivity contribution in [2.45, 2.75) is 6.54 Å². The third-order valence-electron chi connectivity index (χ3n) is 3.65. The maximum absolute atomic E-state index is 5.34. The van der Waals surface area contributed by atoms with Gasteiger partial charge in [-0.2, -0.15) is 0 Å². The fourth-order valence-corrected chi connectivity index (χ4v) is 2.55. The molecule has 0 radical (unpaired) electrons. The summed E-state index contributed by atoms with van der Waals surface area (Å²) < 4.78 is 5.34. The quantitative estimate of drug-likeness (QED) is 0.603. The van der Waals surface area contributed by atoms with Crippen LogP contribution in [-0.2, 0) is 6.54 Å². The van der Waals surface area contributed by atoms with Crippen LogP contribution in [0.1, 0.15) is 5.76 Å². The molecule has 112 valence electrons. The number of hydrogen-bond acceptors (Lipinski definition) is 4. The molecule has 4 rings (SSSR count). The van der Waals surface area contributed by atoms with E-state index in [2.05, 4.69) is 22.4 Å². The maximum Gasteiger partial charge on any atom is 0.224 e. The van der Waals surface area contributed by atoms with Crippen LogP contribution >= 0.6 is 0 Å². The highest BCUT2D eigenvalue weighted by Crippen LogP contribution is 2.27. The molecule has 0 saturated heterocycles. The lowest BCUT2D eigenvalue weighted by atomic mass is 10.1. The van der Waals surface area contributed by atoms with E-state index in [4.69, 9.17) is 9.40 Å². The molecule has 0 aliphatic rings. The number of benzene rings is 2. The number of rotatable bonds is 4. The van der Waals surface area contributed by atoms with Gasteiger partial charge in [-0.15, -0.1) is 0 Å². The van der Waals surface area contributed by atoms with Crippen LogP contribution in [-0.4, -0.2) is 9.97 Å². The number of aromatic nitrogens is 2. The second kappa shape index (κ2) is 5.93. The Hall–Kier alpha value is -3.14. The SMILES string of the molecule is c1ccc(-c2nc(NCc3ccco3)nc3ccccc23)cc1. The summed E-state index contributed by atoms with van der Waals surface area (Å²) in [5.74, 6) is 1.45. The molecule has 0 aliphatic carbocycles. The molecule has 4 nitrogen and oxygen atoms in total. The number of anilines is 1. The van der Waals surface area contributed by atoms with E-state index in [-0.39, 0.29) is 0 Å². The summed E-state index contributed by atoms with van der Waals surface area (Å²) in [5.41, 5.74) is 2.92. The molecule has 23 heavy (non-hydrogen) atoms. The zero-order valence-electron chi connectivity index (χ0n) is 12.4. The first-order chi connectivity index (χ1) is 11.4. The number of para-hydroxylation sites is 1. The molecule has 4 heteroatoms. The summed E-state index contributed by atoms with van der Waals surface area (Å²) in [7, 11) is 0. The van der Waals surface area contributed by atoms with Crippen LogP contribution in [0.2, 0.25) is 0 Å². The summed E-state index contributed by atoms with van der Waals surface area (Å²) in [5, 5.41) is 4.28. The van der Waals surface area contributed by atoms with Crippen molar-refractivity contribution in [1.29, 1.82) is 0 Å². The van der Waals surface area contributed by atoms with Gasteiger partial charge in [0.2, 0.25) is 5.95 Å². The van der Waals surface area contributed by atoms with Gasteiger partial charge < -0.3 is 9.73 Å². The van der Waals surface area contributed by atoms with Gasteiger partial charge in [0.15, 0.2) is 0 Å². The molecule has 0 saturated carbocycles. The monoisotopic (exact) mass is 301 g/mol. The van der Waals surface area contributed by atoms with Crippen LogP contribution in [0.15, 0.2) is 77.4 Å². The number of nitrogens with one attached hydrogen (secondary N) is 1. The van der Waals surface area contributed by atoms with Crippen molar-refractivity contribution in [1.82, 2.24) is 9.97 Å². The van der Waals surface area contributed by atoms with E-state index in [1.807, 2.05) is 54.6 Å². The minimum absolute atomic E-state index is 0.555. The van der Waals surface area contributed by atoms with Gasteiger partial charge in [0.05, 0.1) is 24.0 Å². The first kappa shape index (κ1) is 13.5. The van der Waals surface area contributed by atoms with E-state index < -0.39 is 0 Å². The second-order valence-corrected chi connectivity index (χ2v) is 5.21. The Labute approximate surface area is 133 Å². The smallest absolute Gasteiger partial charge is 0.224 e. The first-order valence-electron chi connectivity index (χ1n) is 7.48. The van der Waals surface area contributed by atoms with Crippen molar-refractivity contribution < 1.29 is 4.42 Å². The second-order valence-electron chi connectivity index (χ2n) is 5.21. The lowest BCUT2D eigenvalue weighted by Gasteiger charge is -2.09. The van der Waals surface area contributed by atoms with Gasteiger partial charge in [0.1, 0.15) is 5.76 Å². The average Bonchev–Trinajstić information content (AvgIpc) is 3.13. The Bertz CT molecular complexity index is 918. The Balaban J connectivity index is 1.77. The average molecular weight is 301 g/mol. The Morgan fingerprint density at radius 1 is 0.826 bits per heavy atom. The molecule has 0 aliphatic heterocycles. The molecule has 2 aromatic carbocycles. The molecule has 0 spiro atoms. The van der Waals surface area contributed by atoms with E-state index in [1.165, 1.54) is 0 Å². The fraction of sp³-hybridized carbons (Fsp3) is 0.0526. The van der Waals surface area contributed by atoms with Gasteiger partial charge in [-0.25, -0.2) is 9.97 Å². The minimum atomic E-state index is 0.555. The predicted molar refractivity (Wildman–Crippen MR) is 91.0 cm³/mol. The number of fused-ring (bicyclic) bond motifs is 1. The van der Waals surface area contributed by atoms with Crippen molar-refractivity contribution in [3.05, 3.63) is 78.8 Å². The highest BCUT2D eigenvalue weighted by molar-refractivity contribution is 5.93. The predicted octanol–water partition coefficient (Wildman–Crippen LogP) is 4.50. The van der Waals surface area contributed by atoms with Gasteiger partial charge in [0, 0.05) is 10.9 Å². The van der Waals surface area contributed by atoms with Crippen molar-refractivity contribution in [3.63, 3.8) is 0 Å². The molecular formula is C19H15N3O. The molecule has 2 heterocycles. The van der Waals surface area contributed by atoms with Gasteiger partial charge in [0.25, 0.3) is 0 Å². The van der Waals surface area contributed by atoms with Crippen molar-refractivity contribution in [3.8, 4) is 11.3 Å². The van der Waals surface area contributed by atoms with Crippen molar-refractivity contribution >= 4 is 16.9 Å². The van der Waals surface area contributed by atoms with Crippen LogP contribution in [0.25, 0.3) is 22.2 Å². The van der Waals surface area contributed by atoms with Crippen molar-refractivity contribution in [2.75, 3.05) is 5.32 Å². The van der Waals surface area contributed by atoms with Crippen LogP contribution in [0.5, 0.6) is 0 Å². The molecule has 1 N–H and O–H groups in total. The van der Waals surface area contributed by atoms with Crippen LogP contribution < -0.4 is 5.32 Å². The van der Waals surface area contributed by atoms with E-state index in [1.54, 1.807) is 6.26 Å². The van der Waals surface area contributed by atoms with Gasteiger partial charge in [-0.1, -0.05) is 48.5 Å². The van der Waals surface area contributed by atoms with Gasteiger partial charge in [-0.05, 0) is 18.2 Å². The van der Waals surface area contributed by atoms with E-state index >= 15 is 0 Å².